The third kappa shape index (κ3) is 4.40. The molecule has 0 bridgehead atoms. The molecule has 0 aliphatic heterocycles. The molecule has 0 radical (unpaired) electrons. The molecule has 5 nitrogen and oxygen atoms in total. The van der Waals surface area contributed by atoms with E-state index in [9.17, 15) is 4.79 Å². The summed E-state index contributed by atoms with van der Waals surface area (Å²) in [5.74, 6) is 0.360. The highest BCUT2D eigenvalue weighted by atomic mass is 16.5. The van der Waals surface area contributed by atoms with Crippen molar-refractivity contribution in [2.45, 2.75) is 19.9 Å². The number of esters is 1. The van der Waals surface area contributed by atoms with Crippen LogP contribution >= 0.6 is 0 Å². The lowest BCUT2D eigenvalue weighted by molar-refractivity contribution is 0.0526. The van der Waals surface area contributed by atoms with Crippen LogP contribution in [0.3, 0.4) is 0 Å². The number of nitrogens with one attached hydrogen (secondary N) is 1. The molecule has 0 spiro atoms. The van der Waals surface area contributed by atoms with E-state index in [4.69, 9.17) is 9.47 Å². The van der Waals surface area contributed by atoms with Crippen molar-refractivity contribution in [3.8, 4) is 0 Å². The summed E-state index contributed by atoms with van der Waals surface area (Å²) < 4.78 is 9.87. The topological polar surface area (TPSA) is 60.5 Å². The van der Waals surface area contributed by atoms with Gasteiger partial charge in [0.15, 0.2) is 0 Å². The molecule has 0 amide bonds. The molecule has 5 heteroatoms. The van der Waals surface area contributed by atoms with Crippen LogP contribution in [-0.2, 0) is 9.47 Å². The first-order valence-electron chi connectivity index (χ1n) is 5.56. The van der Waals surface area contributed by atoms with Gasteiger partial charge in [0, 0.05) is 19.3 Å². The minimum Gasteiger partial charge on any atom is -0.462 e. The molecular weight excluding hydrogens is 220 g/mol. The molecular formula is C12H18N2O3. The van der Waals surface area contributed by atoms with Crippen LogP contribution in [0.5, 0.6) is 0 Å². The van der Waals surface area contributed by atoms with Crippen molar-refractivity contribution in [1.29, 1.82) is 0 Å². The smallest absolute Gasteiger partial charge is 0.339 e. The molecule has 0 saturated carbocycles. The number of hydrogen-bond acceptors (Lipinski definition) is 5. The molecule has 1 N–H and O–H groups in total. The zero-order valence-corrected chi connectivity index (χ0v) is 10.4. The number of aromatic nitrogens is 1. The maximum Gasteiger partial charge on any atom is 0.339 e. The van der Waals surface area contributed by atoms with E-state index in [0.29, 0.717) is 24.6 Å². The first kappa shape index (κ1) is 13.4. The van der Waals surface area contributed by atoms with Gasteiger partial charge < -0.3 is 14.8 Å². The molecule has 0 fully saturated rings. The van der Waals surface area contributed by atoms with Gasteiger partial charge in [-0.1, -0.05) is 0 Å². The average molecular weight is 238 g/mol. The minimum atomic E-state index is -0.350. The van der Waals surface area contributed by atoms with Gasteiger partial charge in [-0.25, -0.2) is 9.78 Å². The average Bonchev–Trinajstić information content (AvgIpc) is 2.30. The Labute approximate surface area is 101 Å². The summed E-state index contributed by atoms with van der Waals surface area (Å²) in [7, 11) is 1.65. The number of rotatable bonds is 6. The van der Waals surface area contributed by atoms with Crippen LogP contribution in [-0.4, -0.2) is 37.3 Å². The highest BCUT2D eigenvalue weighted by Gasteiger charge is 2.07. The normalized spacial score (nSPS) is 11.9. The van der Waals surface area contributed by atoms with Crippen molar-refractivity contribution >= 4 is 11.8 Å². The number of hydrogen-bond donors (Lipinski definition) is 1. The standard InChI is InChI=1S/C12H18N2O3/c1-4-17-12(15)10-5-6-11(13-7-10)14-9(2)8-16-3/h5-7,9H,4,8H2,1-3H3,(H,13,14). The summed E-state index contributed by atoms with van der Waals surface area (Å²) in [6, 6.07) is 3.60. The second-order valence-corrected chi connectivity index (χ2v) is 3.65. The van der Waals surface area contributed by atoms with E-state index in [-0.39, 0.29) is 12.0 Å². The zero-order valence-electron chi connectivity index (χ0n) is 10.4. The van der Waals surface area contributed by atoms with E-state index in [1.54, 1.807) is 26.2 Å². The Morgan fingerprint density at radius 2 is 2.29 bits per heavy atom. The minimum absolute atomic E-state index is 0.168. The highest BCUT2D eigenvalue weighted by molar-refractivity contribution is 5.89. The number of anilines is 1. The first-order valence-corrected chi connectivity index (χ1v) is 5.56. The molecule has 0 aromatic carbocycles. The SMILES string of the molecule is CCOC(=O)c1ccc(NC(C)COC)nc1. The Bertz CT molecular complexity index is 351. The fraction of sp³-hybridized carbons (Fsp3) is 0.500. The van der Waals surface area contributed by atoms with Gasteiger partial charge in [-0.3, -0.25) is 0 Å². The molecule has 0 aliphatic rings. The Morgan fingerprint density at radius 3 is 2.82 bits per heavy atom. The molecule has 17 heavy (non-hydrogen) atoms. The monoisotopic (exact) mass is 238 g/mol. The number of ether oxygens (including phenoxy) is 2. The van der Waals surface area contributed by atoms with Crippen molar-refractivity contribution in [2.24, 2.45) is 0 Å². The van der Waals surface area contributed by atoms with Crippen LogP contribution in [0.4, 0.5) is 5.82 Å². The maximum atomic E-state index is 11.4. The second kappa shape index (κ2) is 6.85. The Kier molecular flexibility index (Phi) is 5.42. The van der Waals surface area contributed by atoms with Crippen LogP contribution in [0.1, 0.15) is 24.2 Å². The number of methoxy groups -OCH3 is 1. The predicted octanol–water partition coefficient (Wildman–Crippen LogP) is 1.71. The summed E-state index contributed by atoms with van der Waals surface area (Å²) in [6.07, 6.45) is 1.50. The molecule has 1 aromatic heterocycles. The van der Waals surface area contributed by atoms with Gasteiger partial charge in [-0.15, -0.1) is 0 Å². The van der Waals surface area contributed by atoms with Gasteiger partial charge in [0.05, 0.1) is 18.8 Å². The number of pyridine rings is 1. The summed E-state index contributed by atoms with van der Waals surface area (Å²) in [6.45, 7) is 4.73. The van der Waals surface area contributed by atoms with E-state index >= 15 is 0 Å². The van der Waals surface area contributed by atoms with Crippen molar-refractivity contribution in [3.63, 3.8) is 0 Å². The van der Waals surface area contributed by atoms with Crippen LogP contribution in [0, 0.1) is 0 Å². The van der Waals surface area contributed by atoms with Gasteiger partial charge in [-0.05, 0) is 26.0 Å². The van der Waals surface area contributed by atoms with Crippen LogP contribution < -0.4 is 5.32 Å². The summed E-state index contributed by atoms with van der Waals surface area (Å²) in [5.41, 5.74) is 0.455. The van der Waals surface area contributed by atoms with E-state index in [1.165, 1.54) is 6.20 Å². The lowest BCUT2D eigenvalue weighted by Gasteiger charge is -2.13. The molecule has 94 valence electrons. The van der Waals surface area contributed by atoms with Gasteiger partial charge in [0.1, 0.15) is 5.82 Å². The largest absolute Gasteiger partial charge is 0.462 e. The van der Waals surface area contributed by atoms with Crippen LogP contribution in [0.2, 0.25) is 0 Å². The predicted molar refractivity (Wildman–Crippen MR) is 65.2 cm³/mol. The lowest BCUT2D eigenvalue weighted by Crippen LogP contribution is -2.21. The van der Waals surface area contributed by atoms with Crippen LogP contribution in [0.15, 0.2) is 18.3 Å². The molecule has 1 atom stereocenters. The molecule has 1 heterocycles. The highest BCUT2D eigenvalue weighted by Crippen LogP contribution is 2.07. The summed E-state index contributed by atoms with van der Waals surface area (Å²) in [5, 5.41) is 3.15. The van der Waals surface area contributed by atoms with E-state index < -0.39 is 0 Å². The molecule has 1 rings (SSSR count). The summed E-state index contributed by atoms with van der Waals surface area (Å²) in [4.78, 5) is 15.5. The number of nitrogens with zero attached hydrogens (tertiary/aromatic N) is 1. The number of carbonyl (C=O) groups is 1. The van der Waals surface area contributed by atoms with Crippen molar-refractivity contribution < 1.29 is 14.3 Å². The fourth-order valence-corrected chi connectivity index (χ4v) is 1.36. The Balaban J connectivity index is 2.58. The quantitative estimate of drug-likeness (QED) is 0.764. The third-order valence-corrected chi connectivity index (χ3v) is 2.09. The van der Waals surface area contributed by atoms with Gasteiger partial charge in [0.2, 0.25) is 0 Å². The van der Waals surface area contributed by atoms with Crippen LogP contribution in [0.25, 0.3) is 0 Å². The zero-order chi connectivity index (χ0) is 12.7. The van der Waals surface area contributed by atoms with Crippen molar-refractivity contribution in [3.05, 3.63) is 23.9 Å². The summed E-state index contributed by atoms with van der Waals surface area (Å²) >= 11 is 0. The van der Waals surface area contributed by atoms with E-state index in [0.717, 1.165) is 0 Å². The number of carbonyl (C=O) groups excluding carboxylic acids is 1. The van der Waals surface area contributed by atoms with Gasteiger partial charge in [-0.2, -0.15) is 0 Å². The Morgan fingerprint density at radius 1 is 1.53 bits per heavy atom. The third-order valence-electron chi connectivity index (χ3n) is 2.09. The van der Waals surface area contributed by atoms with Gasteiger partial charge in [0.25, 0.3) is 0 Å². The first-order chi connectivity index (χ1) is 8.17. The molecule has 1 unspecified atom stereocenters. The molecule has 0 saturated heterocycles. The fourth-order valence-electron chi connectivity index (χ4n) is 1.36. The maximum absolute atomic E-state index is 11.4. The Hall–Kier alpha value is -1.62. The molecule has 0 aliphatic carbocycles. The van der Waals surface area contributed by atoms with Crippen molar-refractivity contribution in [1.82, 2.24) is 4.98 Å². The lowest BCUT2D eigenvalue weighted by atomic mass is 10.3. The molecule has 1 aromatic rings. The second-order valence-electron chi connectivity index (χ2n) is 3.65. The van der Waals surface area contributed by atoms with E-state index in [1.807, 2.05) is 6.92 Å². The van der Waals surface area contributed by atoms with Crippen molar-refractivity contribution in [2.75, 3.05) is 25.6 Å². The van der Waals surface area contributed by atoms with Gasteiger partial charge >= 0.3 is 5.97 Å². The van der Waals surface area contributed by atoms with E-state index in [2.05, 4.69) is 10.3 Å².